The second-order valence-corrected chi connectivity index (χ2v) is 2.66. The molecule has 0 spiro atoms. The number of rotatable bonds is 3. The Bertz CT molecular complexity index is 225. The van der Waals surface area contributed by atoms with Crippen molar-refractivity contribution in [3.8, 4) is 0 Å². The highest BCUT2D eigenvalue weighted by Crippen LogP contribution is 2.14. The summed E-state index contributed by atoms with van der Waals surface area (Å²) < 4.78 is 0. The van der Waals surface area contributed by atoms with E-state index in [0.29, 0.717) is 5.56 Å². The van der Waals surface area contributed by atoms with Crippen LogP contribution >= 0.6 is 0 Å². The molecule has 1 aromatic carbocycles. The van der Waals surface area contributed by atoms with Crippen LogP contribution in [0.5, 0.6) is 0 Å². The van der Waals surface area contributed by atoms with Crippen molar-refractivity contribution < 1.29 is 10.2 Å². The van der Waals surface area contributed by atoms with Crippen molar-refractivity contribution in [1.82, 2.24) is 0 Å². The van der Waals surface area contributed by atoms with Crippen LogP contribution in [0, 0.1) is 0 Å². The fourth-order valence-electron chi connectivity index (χ4n) is 1.00. The van der Waals surface area contributed by atoms with E-state index in [1.54, 1.807) is 12.1 Å². The van der Waals surface area contributed by atoms with Gasteiger partial charge in [0, 0.05) is 6.54 Å². The van der Waals surface area contributed by atoms with E-state index in [1.165, 1.54) is 0 Å². The van der Waals surface area contributed by atoms with Gasteiger partial charge in [0.15, 0.2) is 0 Å². The van der Waals surface area contributed by atoms with Gasteiger partial charge in [0.25, 0.3) is 0 Å². The summed E-state index contributed by atoms with van der Waals surface area (Å²) in [6.07, 6.45) is -1.76. The predicted molar refractivity (Wildman–Crippen MR) is 46.5 cm³/mol. The Morgan fingerprint density at radius 1 is 1.17 bits per heavy atom. The van der Waals surface area contributed by atoms with E-state index >= 15 is 0 Å². The Hall–Kier alpha value is -0.900. The molecule has 4 N–H and O–H groups in total. The highest BCUT2D eigenvalue weighted by molar-refractivity contribution is 5.18. The maximum absolute atomic E-state index is 9.46. The molecule has 0 aliphatic carbocycles. The molecule has 0 fully saturated rings. The van der Waals surface area contributed by atoms with E-state index in [0.717, 1.165) is 0 Å². The molecule has 12 heavy (non-hydrogen) atoms. The number of hydrogen-bond acceptors (Lipinski definition) is 3. The maximum atomic E-state index is 9.46. The maximum Gasteiger partial charge on any atom is 0.106 e. The van der Waals surface area contributed by atoms with Gasteiger partial charge in [-0.1, -0.05) is 30.3 Å². The van der Waals surface area contributed by atoms with Crippen LogP contribution in [0.4, 0.5) is 0 Å². The molecular formula is C9H13NO2. The summed E-state index contributed by atoms with van der Waals surface area (Å²) in [7, 11) is 0. The monoisotopic (exact) mass is 167 g/mol. The van der Waals surface area contributed by atoms with Gasteiger partial charge in [0.1, 0.15) is 6.10 Å². The lowest BCUT2D eigenvalue weighted by molar-refractivity contribution is 0.0243. The number of benzene rings is 1. The van der Waals surface area contributed by atoms with Crippen LogP contribution in [0.1, 0.15) is 11.7 Å². The van der Waals surface area contributed by atoms with Crippen molar-refractivity contribution >= 4 is 0 Å². The summed E-state index contributed by atoms with van der Waals surface area (Å²) >= 11 is 0. The average Bonchev–Trinajstić information content (AvgIpc) is 2.17. The number of aliphatic hydroxyl groups excluding tert-OH is 2. The summed E-state index contributed by atoms with van der Waals surface area (Å²) in [6.45, 7) is 0.0655. The van der Waals surface area contributed by atoms with E-state index in [-0.39, 0.29) is 6.54 Å². The first-order valence-electron chi connectivity index (χ1n) is 3.87. The Morgan fingerprint density at radius 2 is 1.75 bits per heavy atom. The van der Waals surface area contributed by atoms with Crippen LogP contribution in [0.2, 0.25) is 0 Å². The van der Waals surface area contributed by atoms with Crippen LogP contribution < -0.4 is 5.73 Å². The minimum Gasteiger partial charge on any atom is -0.389 e. The van der Waals surface area contributed by atoms with Crippen LogP contribution in [0.3, 0.4) is 0 Å². The molecule has 3 nitrogen and oxygen atoms in total. The molecular weight excluding hydrogens is 154 g/mol. The first-order chi connectivity index (χ1) is 5.75. The molecule has 0 saturated carbocycles. The summed E-state index contributed by atoms with van der Waals surface area (Å²) in [5, 5.41) is 18.7. The van der Waals surface area contributed by atoms with Crippen molar-refractivity contribution in [2.45, 2.75) is 12.2 Å². The van der Waals surface area contributed by atoms with Gasteiger partial charge in [0.05, 0.1) is 6.10 Å². The van der Waals surface area contributed by atoms with E-state index in [9.17, 15) is 10.2 Å². The van der Waals surface area contributed by atoms with Gasteiger partial charge in [-0.2, -0.15) is 0 Å². The molecule has 0 amide bonds. The number of aliphatic hydroxyl groups is 2. The minimum absolute atomic E-state index is 0.0655. The standard InChI is InChI=1S/C9H13NO2/c10-6-8(11)9(12)7-4-2-1-3-5-7/h1-5,8-9,11-12H,6,10H2. The van der Waals surface area contributed by atoms with Crippen LogP contribution in [0.15, 0.2) is 30.3 Å². The highest BCUT2D eigenvalue weighted by Gasteiger charge is 2.15. The number of hydrogen-bond donors (Lipinski definition) is 3. The van der Waals surface area contributed by atoms with Gasteiger partial charge in [-0.3, -0.25) is 0 Å². The topological polar surface area (TPSA) is 66.5 Å². The Labute approximate surface area is 71.5 Å². The first-order valence-corrected chi connectivity index (χ1v) is 3.87. The fraction of sp³-hybridized carbons (Fsp3) is 0.333. The highest BCUT2D eigenvalue weighted by atomic mass is 16.3. The second kappa shape index (κ2) is 4.21. The van der Waals surface area contributed by atoms with Crippen molar-refractivity contribution in [3.63, 3.8) is 0 Å². The molecule has 0 bridgehead atoms. The third-order valence-electron chi connectivity index (χ3n) is 1.75. The van der Waals surface area contributed by atoms with Gasteiger partial charge in [-0.15, -0.1) is 0 Å². The largest absolute Gasteiger partial charge is 0.389 e. The van der Waals surface area contributed by atoms with E-state index in [4.69, 9.17) is 5.73 Å². The Morgan fingerprint density at radius 3 is 2.25 bits per heavy atom. The molecule has 0 heterocycles. The molecule has 0 aliphatic rings. The normalized spacial score (nSPS) is 15.6. The zero-order valence-corrected chi connectivity index (χ0v) is 6.72. The molecule has 66 valence electrons. The van der Waals surface area contributed by atoms with E-state index < -0.39 is 12.2 Å². The summed E-state index contributed by atoms with van der Waals surface area (Å²) in [4.78, 5) is 0. The Kier molecular flexibility index (Phi) is 3.22. The summed E-state index contributed by atoms with van der Waals surface area (Å²) in [5.41, 5.74) is 5.89. The first kappa shape index (κ1) is 9.19. The third kappa shape index (κ3) is 2.04. The summed E-state index contributed by atoms with van der Waals surface area (Å²) in [6, 6.07) is 8.97. The average molecular weight is 167 g/mol. The van der Waals surface area contributed by atoms with Crippen molar-refractivity contribution in [2.24, 2.45) is 5.73 Å². The molecule has 0 aliphatic heterocycles. The molecule has 0 radical (unpaired) electrons. The van der Waals surface area contributed by atoms with Crippen LogP contribution in [-0.4, -0.2) is 22.9 Å². The quantitative estimate of drug-likeness (QED) is 0.595. The van der Waals surface area contributed by atoms with Gasteiger partial charge in [0.2, 0.25) is 0 Å². The lowest BCUT2D eigenvalue weighted by Gasteiger charge is -2.15. The molecule has 1 aromatic rings. The zero-order valence-electron chi connectivity index (χ0n) is 6.72. The SMILES string of the molecule is NCC(O)C(O)c1ccccc1. The fourth-order valence-corrected chi connectivity index (χ4v) is 1.00. The van der Waals surface area contributed by atoms with Crippen molar-refractivity contribution in [3.05, 3.63) is 35.9 Å². The third-order valence-corrected chi connectivity index (χ3v) is 1.75. The molecule has 0 aromatic heterocycles. The van der Waals surface area contributed by atoms with Crippen LogP contribution in [0.25, 0.3) is 0 Å². The van der Waals surface area contributed by atoms with Crippen LogP contribution in [-0.2, 0) is 0 Å². The molecule has 2 unspecified atom stereocenters. The van der Waals surface area contributed by atoms with E-state index in [1.807, 2.05) is 18.2 Å². The lowest BCUT2D eigenvalue weighted by Crippen LogP contribution is -2.27. The smallest absolute Gasteiger partial charge is 0.106 e. The zero-order chi connectivity index (χ0) is 8.97. The van der Waals surface area contributed by atoms with Gasteiger partial charge in [-0.05, 0) is 5.56 Å². The Balaban J connectivity index is 2.71. The molecule has 0 saturated heterocycles. The minimum atomic E-state index is -0.882. The van der Waals surface area contributed by atoms with Crippen molar-refractivity contribution in [1.29, 1.82) is 0 Å². The van der Waals surface area contributed by atoms with Gasteiger partial charge >= 0.3 is 0 Å². The molecule has 2 atom stereocenters. The molecule has 1 rings (SSSR count). The second-order valence-electron chi connectivity index (χ2n) is 2.66. The van der Waals surface area contributed by atoms with E-state index in [2.05, 4.69) is 0 Å². The van der Waals surface area contributed by atoms with Gasteiger partial charge in [-0.25, -0.2) is 0 Å². The van der Waals surface area contributed by atoms with Crippen molar-refractivity contribution in [2.75, 3.05) is 6.54 Å². The lowest BCUT2D eigenvalue weighted by atomic mass is 10.1. The number of nitrogens with two attached hydrogens (primary N) is 1. The predicted octanol–water partition coefficient (Wildman–Crippen LogP) is 0.0396. The molecule has 3 heteroatoms. The van der Waals surface area contributed by atoms with Gasteiger partial charge < -0.3 is 15.9 Å². The summed E-state index contributed by atoms with van der Waals surface area (Å²) in [5.74, 6) is 0.